The summed E-state index contributed by atoms with van der Waals surface area (Å²) in [5.41, 5.74) is 7.24. The van der Waals surface area contributed by atoms with Gasteiger partial charge >= 0.3 is 0 Å². The number of aromatic nitrogens is 9. The molecule has 0 fully saturated rings. The van der Waals surface area contributed by atoms with Gasteiger partial charge in [0.15, 0.2) is 23.3 Å². The number of benzene rings is 3. The Labute approximate surface area is 317 Å². The van der Waals surface area contributed by atoms with E-state index in [-0.39, 0.29) is 41.2 Å². The van der Waals surface area contributed by atoms with Crippen molar-refractivity contribution in [3.8, 4) is 57.1 Å². The fraction of sp³-hybridized carbons (Fsp3) is 0.143. The van der Waals surface area contributed by atoms with E-state index in [0.717, 1.165) is 36.0 Å². The molecule has 274 valence electrons. The van der Waals surface area contributed by atoms with Crippen molar-refractivity contribution in [1.29, 1.82) is 0 Å². The van der Waals surface area contributed by atoms with Crippen LogP contribution >= 0.6 is 0 Å². The van der Waals surface area contributed by atoms with Crippen LogP contribution in [0.3, 0.4) is 0 Å². The Morgan fingerprint density at radius 1 is 0.679 bits per heavy atom. The third-order valence-electron chi connectivity index (χ3n) is 10.3. The SMILES string of the molecule is O=C(NCCCCc1cccnc1)c1cccc2c1-c1nc-2nc2[nH]c(nc3nc(nc4[nH]c(n1)c1ccc(O)cc41)-c1cc(O)ccc1-3)c1c2CC=C(O)C1. The number of aliphatic hydroxyl groups is 1. The second kappa shape index (κ2) is 13.1. The van der Waals surface area contributed by atoms with Gasteiger partial charge in [-0.1, -0.05) is 18.2 Å². The van der Waals surface area contributed by atoms with E-state index in [9.17, 15) is 20.1 Å². The molecule has 1 amide bonds. The Balaban J connectivity index is 1.18. The lowest BCUT2D eigenvalue weighted by Gasteiger charge is -2.09. The number of hydrogen-bond donors (Lipinski definition) is 6. The molecule has 0 radical (unpaired) electrons. The molecule has 7 aromatic rings. The number of carbonyl (C=O) groups excluding carboxylic acids is 1. The minimum atomic E-state index is -0.262. The van der Waals surface area contributed by atoms with Gasteiger partial charge in [0, 0.05) is 69.5 Å². The van der Waals surface area contributed by atoms with E-state index in [1.54, 1.807) is 54.7 Å². The van der Waals surface area contributed by atoms with Crippen molar-refractivity contribution in [3.05, 3.63) is 113 Å². The quantitative estimate of drug-likeness (QED) is 0.0974. The summed E-state index contributed by atoms with van der Waals surface area (Å²) in [6.45, 7) is 0.480. The maximum Gasteiger partial charge on any atom is 0.252 e. The smallest absolute Gasteiger partial charge is 0.252 e. The van der Waals surface area contributed by atoms with Gasteiger partial charge in [-0.3, -0.25) is 9.78 Å². The number of aromatic hydroxyl groups is 2. The number of allylic oxidation sites excluding steroid dienone is 2. The van der Waals surface area contributed by atoms with Crippen LogP contribution in [0.5, 0.6) is 11.5 Å². The first-order chi connectivity index (χ1) is 27.4. The molecule has 0 spiro atoms. The average molecular weight is 741 g/mol. The van der Waals surface area contributed by atoms with Crippen molar-refractivity contribution >= 4 is 39.3 Å². The number of phenolic OH excluding ortho intramolecular Hbond substituents is 2. The molecule has 0 saturated carbocycles. The van der Waals surface area contributed by atoms with Crippen LogP contribution in [-0.2, 0) is 19.3 Å². The second-order valence-electron chi connectivity index (χ2n) is 13.9. The summed E-state index contributed by atoms with van der Waals surface area (Å²) in [6, 6.07) is 19.2. The van der Waals surface area contributed by atoms with Gasteiger partial charge in [-0.2, -0.15) is 0 Å². The first-order valence-corrected chi connectivity index (χ1v) is 18.3. The van der Waals surface area contributed by atoms with Crippen LogP contribution in [0.15, 0.2) is 91.0 Å². The fourth-order valence-corrected chi connectivity index (χ4v) is 7.56. The van der Waals surface area contributed by atoms with E-state index < -0.39 is 0 Å². The normalized spacial score (nSPS) is 12.8. The molecule has 3 aliphatic rings. The highest BCUT2D eigenvalue weighted by Gasteiger charge is 2.28. The van der Waals surface area contributed by atoms with Gasteiger partial charge in [-0.15, -0.1) is 0 Å². The Morgan fingerprint density at radius 2 is 1.41 bits per heavy atom. The molecule has 1 aliphatic carbocycles. The number of hydrogen-bond acceptors (Lipinski definition) is 11. The van der Waals surface area contributed by atoms with Crippen molar-refractivity contribution in [2.45, 2.75) is 32.1 Å². The van der Waals surface area contributed by atoms with Gasteiger partial charge in [0.1, 0.15) is 34.1 Å². The number of fused-ring (bicyclic) bond motifs is 20. The first kappa shape index (κ1) is 33.1. The lowest BCUT2D eigenvalue weighted by atomic mass is 9.99. The average Bonchev–Trinajstić information content (AvgIpc) is 3.92. The third-order valence-corrected chi connectivity index (χ3v) is 10.3. The van der Waals surface area contributed by atoms with Crippen molar-refractivity contribution in [1.82, 2.24) is 50.2 Å². The lowest BCUT2D eigenvalue weighted by Crippen LogP contribution is -2.25. The highest BCUT2D eigenvalue weighted by atomic mass is 16.3. The summed E-state index contributed by atoms with van der Waals surface area (Å²) in [5.74, 6) is 1.27. The number of aliphatic hydroxyl groups excluding tert-OH is 1. The Bertz CT molecular complexity index is 2970. The van der Waals surface area contributed by atoms with Gasteiger partial charge in [0.05, 0.1) is 11.3 Å². The molecular weight excluding hydrogens is 709 g/mol. The molecule has 0 saturated heterocycles. The molecule has 56 heavy (non-hydrogen) atoms. The van der Waals surface area contributed by atoms with Crippen LogP contribution < -0.4 is 5.32 Å². The zero-order valence-corrected chi connectivity index (χ0v) is 29.7. The Morgan fingerprint density at radius 3 is 2.29 bits per heavy atom. The topological polar surface area (TPSA) is 212 Å². The standard InChI is InChI=1S/C42H32N10O4/c53-22-9-12-25-30(17-22)38-46-34(25)45-37-28-7-3-8-29(42(56)44-16-2-1-5-21-6-4-15-43-20-21)33(28)41(52-37)51-36-27-14-11-24(55)19-32(27)40(49-36)50-39-31-18-23(54)10-13-26(31)35(47-38)48-39/h3-4,6-11,13-15,18-20,53-55H,1-2,5,12,16-17H2,(H,44,56)(H2,45,46,47,48,49,50,51,52). The summed E-state index contributed by atoms with van der Waals surface area (Å²) in [6.07, 6.45) is 8.54. The minimum absolute atomic E-state index is 0.0285. The predicted molar refractivity (Wildman–Crippen MR) is 210 cm³/mol. The Hall–Kier alpha value is -7.48. The van der Waals surface area contributed by atoms with Crippen LogP contribution in [0.25, 0.3) is 78.9 Å². The summed E-state index contributed by atoms with van der Waals surface area (Å²) < 4.78 is 0. The summed E-state index contributed by atoms with van der Waals surface area (Å²) >= 11 is 0. The van der Waals surface area contributed by atoms with Crippen molar-refractivity contribution in [2.24, 2.45) is 0 Å². The van der Waals surface area contributed by atoms with E-state index in [0.29, 0.717) is 85.8 Å². The zero-order valence-electron chi connectivity index (χ0n) is 29.7. The molecule has 2 aliphatic heterocycles. The van der Waals surface area contributed by atoms with Crippen molar-refractivity contribution in [2.75, 3.05) is 6.54 Å². The van der Waals surface area contributed by atoms with Crippen LogP contribution in [0.1, 0.15) is 39.9 Å². The zero-order chi connectivity index (χ0) is 37.9. The van der Waals surface area contributed by atoms with Gasteiger partial charge in [-0.05, 0) is 85.9 Å². The molecule has 0 unspecified atom stereocenters. The van der Waals surface area contributed by atoms with Crippen LogP contribution in [0, 0.1) is 0 Å². The number of unbranched alkanes of at least 4 members (excludes halogenated alkanes) is 1. The fourth-order valence-electron chi connectivity index (χ4n) is 7.56. The van der Waals surface area contributed by atoms with Crippen molar-refractivity contribution < 1.29 is 20.1 Å². The number of aryl methyl sites for hydroxylation is 1. The number of nitrogens with zero attached hydrogens (tertiary/aromatic N) is 7. The number of rotatable bonds is 6. The minimum Gasteiger partial charge on any atom is -0.512 e. The molecule has 8 bridgehead atoms. The van der Waals surface area contributed by atoms with Gasteiger partial charge in [0.2, 0.25) is 0 Å². The number of amides is 1. The highest BCUT2D eigenvalue weighted by Crippen LogP contribution is 2.39. The molecule has 10 rings (SSSR count). The monoisotopic (exact) mass is 740 g/mol. The summed E-state index contributed by atoms with van der Waals surface area (Å²) in [5, 5.41) is 36.0. The third kappa shape index (κ3) is 5.75. The number of H-pyrrole nitrogens is 2. The molecule has 0 atom stereocenters. The molecule has 3 aromatic carbocycles. The number of aromatic amines is 2. The van der Waals surface area contributed by atoms with E-state index >= 15 is 0 Å². The Kier molecular flexibility index (Phi) is 7.76. The van der Waals surface area contributed by atoms with Crippen LogP contribution in [0.2, 0.25) is 0 Å². The van der Waals surface area contributed by atoms with E-state index in [2.05, 4.69) is 20.3 Å². The number of pyridine rings is 1. The van der Waals surface area contributed by atoms with Crippen LogP contribution in [0.4, 0.5) is 0 Å². The molecular formula is C42H32N10O4. The molecule has 14 heteroatoms. The number of nitrogens with one attached hydrogen (secondary N) is 3. The van der Waals surface area contributed by atoms with Crippen molar-refractivity contribution in [3.63, 3.8) is 0 Å². The largest absolute Gasteiger partial charge is 0.512 e. The predicted octanol–water partition coefficient (Wildman–Crippen LogP) is 6.82. The maximum absolute atomic E-state index is 13.9. The first-order valence-electron chi connectivity index (χ1n) is 18.3. The number of carbonyl (C=O) groups is 1. The van der Waals surface area contributed by atoms with E-state index in [1.165, 1.54) is 0 Å². The van der Waals surface area contributed by atoms with Crippen LogP contribution in [-0.4, -0.2) is 72.6 Å². The molecule has 6 N–H and O–H groups in total. The van der Waals surface area contributed by atoms with Gasteiger partial charge < -0.3 is 30.6 Å². The number of phenols is 2. The molecule has 14 nitrogen and oxygen atoms in total. The van der Waals surface area contributed by atoms with Gasteiger partial charge in [0.25, 0.3) is 5.91 Å². The summed E-state index contributed by atoms with van der Waals surface area (Å²) in [4.78, 5) is 54.5. The lowest BCUT2D eigenvalue weighted by molar-refractivity contribution is 0.0953. The summed E-state index contributed by atoms with van der Waals surface area (Å²) in [7, 11) is 0. The van der Waals surface area contributed by atoms with E-state index in [4.69, 9.17) is 29.9 Å². The molecule has 4 aromatic heterocycles. The highest BCUT2D eigenvalue weighted by molar-refractivity contribution is 6.07. The van der Waals surface area contributed by atoms with Gasteiger partial charge in [-0.25, -0.2) is 29.9 Å². The second-order valence-corrected chi connectivity index (χ2v) is 13.9. The molecule has 6 heterocycles. The maximum atomic E-state index is 13.9. The van der Waals surface area contributed by atoms with E-state index in [1.807, 2.05) is 30.5 Å².